The van der Waals surface area contributed by atoms with Gasteiger partial charge in [0.2, 0.25) is 0 Å². The molecule has 1 aromatic carbocycles. The van der Waals surface area contributed by atoms with Gasteiger partial charge in [0, 0.05) is 12.6 Å². The Labute approximate surface area is 94.7 Å². The van der Waals surface area contributed by atoms with Crippen LogP contribution in [0.4, 0.5) is 0 Å². The van der Waals surface area contributed by atoms with Gasteiger partial charge in [-0.1, -0.05) is 30.3 Å². The minimum atomic E-state index is 0.439. The van der Waals surface area contributed by atoms with Crippen LogP contribution in [0.15, 0.2) is 42.7 Å². The molecule has 1 unspecified atom stereocenters. The lowest BCUT2D eigenvalue weighted by atomic mass is 10.2. The van der Waals surface area contributed by atoms with E-state index in [4.69, 9.17) is 4.74 Å². The number of rotatable bonds is 4. The van der Waals surface area contributed by atoms with E-state index in [1.807, 2.05) is 16.9 Å². The number of epoxide rings is 1. The smallest absolute Gasteiger partial charge is 0.0851 e. The molecule has 0 aliphatic carbocycles. The maximum absolute atomic E-state index is 5.20. The van der Waals surface area contributed by atoms with Crippen LogP contribution in [0.2, 0.25) is 0 Å². The second-order valence-electron chi connectivity index (χ2n) is 4.19. The Morgan fingerprint density at radius 1 is 1.25 bits per heavy atom. The van der Waals surface area contributed by atoms with Crippen LogP contribution < -0.4 is 0 Å². The highest BCUT2D eigenvalue weighted by Crippen LogP contribution is 2.15. The highest BCUT2D eigenvalue weighted by atomic mass is 16.6. The molecule has 2 heterocycles. The number of aromatic nitrogens is 2. The third kappa shape index (κ3) is 2.31. The SMILES string of the molecule is c1ccc(Cn2cc(CC3CO3)cn2)cc1. The summed E-state index contributed by atoms with van der Waals surface area (Å²) in [6.45, 7) is 1.75. The predicted molar refractivity (Wildman–Crippen MR) is 61.2 cm³/mol. The molecule has 0 radical (unpaired) electrons. The summed E-state index contributed by atoms with van der Waals surface area (Å²) in [5.74, 6) is 0. The topological polar surface area (TPSA) is 30.4 Å². The zero-order valence-electron chi connectivity index (χ0n) is 9.04. The number of benzene rings is 1. The quantitative estimate of drug-likeness (QED) is 0.727. The van der Waals surface area contributed by atoms with E-state index in [1.54, 1.807) is 0 Å². The van der Waals surface area contributed by atoms with Gasteiger partial charge in [0.1, 0.15) is 0 Å². The Balaban J connectivity index is 1.67. The van der Waals surface area contributed by atoms with Gasteiger partial charge in [0.15, 0.2) is 0 Å². The highest BCUT2D eigenvalue weighted by Gasteiger charge is 2.23. The molecule has 1 atom stereocenters. The van der Waals surface area contributed by atoms with Crippen molar-refractivity contribution >= 4 is 0 Å². The molecule has 82 valence electrons. The molecule has 16 heavy (non-hydrogen) atoms. The van der Waals surface area contributed by atoms with Gasteiger partial charge < -0.3 is 4.74 Å². The number of hydrogen-bond donors (Lipinski definition) is 0. The highest BCUT2D eigenvalue weighted by molar-refractivity contribution is 5.16. The summed E-state index contributed by atoms with van der Waals surface area (Å²) < 4.78 is 7.18. The number of hydrogen-bond acceptors (Lipinski definition) is 2. The molecule has 2 aromatic rings. The average molecular weight is 214 g/mol. The Bertz CT molecular complexity index is 460. The molecule has 0 N–H and O–H groups in total. The van der Waals surface area contributed by atoms with Gasteiger partial charge in [-0.15, -0.1) is 0 Å². The van der Waals surface area contributed by atoms with Crippen molar-refractivity contribution < 1.29 is 4.74 Å². The van der Waals surface area contributed by atoms with Gasteiger partial charge in [-0.25, -0.2) is 0 Å². The molecule has 3 nitrogen and oxygen atoms in total. The first kappa shape index (κ1) is 9.60. The van der Waals surface area contributed by atoms with E-state index in [0.717, 1.165) is 19.6 Å². The van der Waals surface area contributed by atoms with E-state index in [2.05, 4.69) is 35.6 Å². The first-order chi connectivity index (χ1) is 7.90. The Kier molecular flexibility index (Phi) is 2.46. The molecule has 1 aliphatic heterocycles. The zero-order valence-corrected chi connectivity index (χ0v) is 9.04. The molecule has 1 aromatic heterocycles. The molecule has 0 bridgehead atoms. The standard InChI is InChI=1S/C13H14N2O/c1-2-4-11(5-3-1)8-15-9-12(7-14-15)6-13-10-16-13/h1-5,7,9,13H,6,8,10H2. The Hall–Kier alpha value is -1.61. The van der Waals surface area contributed by atoms with Crippen LogP contribution >= 0.6 is 0 Å². The largest absolute Gasteiger partial charge is 0.373 e. The molecule has 0 spiro atoms. The van der Waals surface area contributed by atoms with Crippen LogP contribution in [-0.4, -0.2) is 22.5 Å². The van der Waals surface area contributed by atoms with E-state index < -0.39 is 0 Å². The summed E-state index contributed by atoms with van der Waals surface area (Å²) in [4.78, 5) is 0. The van der Waals surface area contributed by atoms with E-state index in [0.29, 0.717) is 6.10 Å². The van der Waals surface area contributed by atoms with Gasteiger partial charge in [0.05, 0.1) is 25.5 Å². The normalized spacial score (nSPS) is 18.6. The maximum Gasteiger partial charge on any atom is 0.0851 e. The summed E-state index contributed by atoms with van der Waals surface area (Å²) in [7, 11) is 0. The minimum Gasteiger partial charge on any atom is -0.373 e. The molecule has 1 saturated heterocycles. The van der Waals surface area contributed by atoms with Gasteiger partial charge >= 0.3 is 0 Å². The van der Waals surface area contributed by atoms with Crippen molar-refractivity contribution in [3.8, 4) is 0 Å². The first-order valence-electron chi connectivity index (χ1n) is 5.57. The Morgan fingerprint density at radius 2 is 2.06 bits per heavy atom. The molecule has 3 rings (SSSR count). The molecule has 1 fully saturated rings. The van der Waals surface area contributed by atoms with Gasteiger partial charge in [-0.3, -0.25) is 4.68 Å². The van der Waals surface area contributed by atoms with Crippen molar-refractivity contribution in [3.63, 3.8) is 0 Å². The fourth-order valence-corrected chi connectivity index (χ4v) is 1.82. The predicted octanol–water partition coefficient (Wildman–Crippen LogP) is 1.87. The van der Waals surface area contributed by atoms with Crippen molar-refractivity contribution in [1.29, 1.82) is 0 Å². The van der Waals surface area contributed by atoms with E-state index >= 15 is 0 Å². The third-order valence-electron chi connectivity index (χ3n) is 2.74. The summed E-state index contributed by atoms with van der Waals surface area (Å²) in [6.07, 6.45) is 5.48. The second kappa shape index (κ2) is 4.10. The van der Waals surface area contributed by atoms with Crippen LogP contribution in [0.3, 0.4) is 0 Å². The van der Waals surface area contributed by atoms with Gasteiger partial charge in [0.25, 0.3) is 0 Å². The molecule has 0 saturated carbocycles. The monoisotopic (exact) mass is 214 g/mol. The van der Waals surface area contributed by atoms with E-state index in [9.17, 15) is 0 Å². The van der Waals surface area contributed by atoms with Crippen molar-refractivity contribution in [2.75, 3.05) is 6.61 Å². The van der Waals surface area contributed by atoms with Crippen molar-refractivity contribution in [2.24, 2.45) is 0 Å². The lowest BCUT2D eigenvalue weighted by Crippen LogP contribution is -1.99. The summed E-state index contributed by atoms with van der Waals surface area (Å²) >= 11 is 0. The zero-order chi connectivity index (χ0) is 10.8. The minimum absolute atomic E-state index is 0.439. The maximum atomic E-state index is 5.20. The van der Waals surface area contributed by atoms with Crippen molar-refractivity contribution in [2.45, 2.75) is 19.1 Å². The Morgan fingerprint density at radius 3 is 2.81 bits per heavy atom. The first-order valence-corrected chi connectivity index (χ1v) is 5.57. The van der Waals surface area contributed by atoms with Gasteiger partial charge in [-0.05, 0) is 11.1 Å². The van der Waals surface area contributed by atoms with E-state index in [1.165, 1.54) is 11.1 Å². The summed E-state index contributed by atoms with van der Waals surface area (Å²) in [5, 5.41) is 4.35. The fourth-order valence-electron chi connectivity index (χ4n) is 1.82. The van der Waals surface area contributed by atoms with E-state index in [-0.39, 0.29) is 0 Å². The molecule has 1 aliphatic rings. The lowest BCUT2D eigenvalue weighted by Gasteiger charge is -2.00. The molecular weight excluding hydrogens is 200 g/mol. The van der Waals surface area contributed by atoms with Crippen LogP contribution in [0.5, 0.6) is 0 Å². The third-order valence-corrected chi connectivity index (χ3v) is 2.74. The van der Waals surface area contributed by atoms with Crippen molar-refractivity contribution in [1.82, 2.24) is 9.78 Å². The number of ether oxygens (including phenoxy) is 1. The summed E-state index contributed by atoms with van der Waals surface area (Å²) in [5.41, 5.74) is 2.54. The fraction of sp³-hybridized carbons (Fsp3) is 0.308. The molecule has 3 heteroatoms. The van der Waals surface area contributed by atoms with Gasteiger partial charge in [-0.2, -0.15) is 5.10 Å². The van der Waals surface area contributed by atoms with Crippen molar-refractivity contribution in [3.05, 3.63) is 53.9 Å². The van der Waals surface area contributed by atoms with Crippen LogP contribution in [0.25, 0.3) is 0 Å². The molecular formula is C13H14N2O. The van der Waals surface area contributed by atoms with Crippen LogP contribution in [0, 0.1) is 0 Å². The molecule has 0 amide bonds. The van der Waals surface area contributed by atoms with Crippen LogP contribution in [0.1, 0.15) is 11.1 Å². The van der Waals surface area contributed by atoms with Crippen LogP contribution in [-0.2, 0) is 17.7 Å². The average Bonchev–Trinajstić information content (AvgIpc) is 3.01. The second-order valence-corrected chi connectivity index (χ2v) is 4.19. The number of nitrogens with zero attached hydrogens (tertiary/aromatic N) is 2. The summed E-state index contributed by atoms with van der Waals surface area (Å²) in [6, 6.07) is 10.4. The lowest BCUT2D eigenvalue weighted by molar-refractivity contribution is 0.407.